The van der Waals surface area contributed by atoms with Gasteiger partial charge in [-0.2, -0.15) is 5.10 Å². The van der Waals surface area contributed by atoms with Crippen molar-refractivity contribution in [2.24, 2.45) is 10.8 Å². The average Bonchev–Trinajstić information content (AvgIpc) is 2.97. The van der Waals surface area contributed by atoms with Crippen LogP contribution in [0.5, 0.6) is 5.75 Å². The van der Waals surface area contributed by atoms with E-state index in [1.807, 2.05) is 0 Å². The Morgan fingerprint density at radius 2 is 2.12 bits per heavy atom. The number of nitrogens with one attached hydrogen (secondary N) is 2. The van der Waals surface area contributed by atoms with Crippen LogP contribution in [-0.2, 0) is 6.42 Å². The zero-order valence-corrected chi connectivity index (χ0v) is 14.6. The van der Waals surface area contributed by atoms with E-state index >= 15 is 0 Å². The van der Waals surface area contributed by atoms with Crippen molar-refractivity contribution in [2.45, 2.75) is 26.2 Å². The van der Waals surface area contributed by atoms with Crippen LogP contribution in [0.1, 0.15) is 40.3 Å². The standard InChI is InChI=1S/C18H20N4O4/c1-10-15-13(21-22-18(19)24)7-4-8-14(15)26-16(10)17(23)20-11-5-3-6-12(9-11)25-2/h3,5-6,9H,4,7-8H2,1-2H3,(H,20,23)(H3,19,22,24)/b21-13+. The maximum absolute atomic E-state index is 12.6. The molecular weight excluding hydrogens is 336 g/mol. The smallest absolute Gasteiger partial charge is 0.332 e. The predicted octanol–water partition coefficient (Wildman–Crippen LogP) is 2.56. The molecule has 0 spiro atoms. The Kier molecular flexibility index (Phi) is 4.92. The van der Waals surface area contributed by atoms with Crippen LogP contribution in [-0.4, -0.2) is 24.8 Å². The van der Waals surface area contributed by atoms with Crippen molar-refractivity contribution in [1.82, 2.24) is 5.43 Å². The number of hydrogen-bond acceptors (Lipinski definition) is 5. The Hall–Kier alpha value is -3.29. The second-order valence-electron chi connectivity index (χ2n) is 5.93. The highest BCUT2D eigenvalue weighted by molar-refractivity contribution is 6.09. The van der Waals surface area contributed by atoms with Gasteiger partial charge in [0.2, 0.25) is 0 Å². The Labute approximate surface area is 150 Å². The molecule has 0 radical (unpaired) electrons. The molecule has 2 aromatic rings. The fourth-order valence-corrected chi connectivity index (χ4v) is 3.01. The number of methoxy groups -OCH3 is 1. The number of hydrogen-bond donors (Lipinski definition) is 3. The fraction of sp³-hybridized carbons (Fsp3) is 0.278. The summed E-state index contributed by atoms with van der Waals surface area (Å²) in [7, 11) is 1.56. The Morgan fingerprint density at radius 1 is 1.31 bits per heavy atom. The lowest BCUT2D eigenvalue weighted by atomic mass is 9.93. The molecule has 0 saturated heterocycles. The van der Waals surface area contributed by atoms with Gasteiger partial charge in [-0.05, 0) is 31.9 Å². The van der Waals surface area contributed by atoms with Crippen molar-refractivity contribution in [1.29, 1.82) is 0 Å². The molecule has 1 aromatic heterocycles. The molecule has 3 rings (SSSR count). The van der Waals surface area contributed by atoms with Crippen LogP contribution >= 0.6 is 0 Å². The Bertz CT molecular complexity index is 885. The molecule has 3 amide bonds. The summed E-state index contributed by atoms with van der Waals surface area (Å²) >= 11 is 0. The number of aryl methyl sites for hydroxylation is 1. The molecule has 0 unspecified atom stereocenters. The quantitative estimate of drug-likeness (QED) is 0.729. The molecule has 0 aliphatic heterocycles. The molecule has 4 N–H and O–H groups in total. The van der Waals surface area contributed by atoms with Gasteiger partial charge in [-0.1, -0.05) is 6.07 Å². The molecule has 1 aromatic carbocycles. The van der Waals surface area contributed by atoms with Gasteiger partial charge < -0.3 is 20.2 Å². The maximum atomic E-state index is 12.6. The minimum absolute atomic E-state index is 0.228. The Balaban J connectivity index is 1.88. The monoisotopic (exact) mass is 356 g/mol. The number of ether oxygens (including phenoxy) is 1. The van der Waals surface area contributed by atoms with Crippen molar-refractivity contribution >= 4 is 23.3 Å². The highest BCUT2D eigenvalue weighted by atomic mass is 16.5. The molecule has 1 heterocycles. The van der Waals surface area contributed by atoms with Crippen molar-refractivity contribution in [2.75, 3.05) is 12.4 Å². The van der Waals surface area contributed by atoms with Gasteiger partial charge in [0.25, 0.3) is 5.91 Å². The molecule has 26 heavy (non-hydrogen) atoms. The van der Waals surface area contributed by atoms with E-state index in [0.717, 1.165) is 12.0 Å². The zero-order chi connectivity index (χ0) is 18.7. The van der Waals surface area contributed by atoms with E-state index < -0.39 is 6.03 Å². The number of urea groups is 1. The van der Waals surface area contributed by atoms with Crippen LogP contribution in [0.2, 0.25) is 0 Å². The third-order valence-electron chi connectivity index (χ3n) is 4.16. The zero-order valence-electron chi connectivity index (χ0n) is 14.6. The largest absolute Gasteiger partial charge is 0.497 e. The van der Waals surface area contributed by atoms with Gasteiger partial charge in [-0.25, -0.2) is 10.2 Å². The normalized spacial score (nSPS) is 14.6. The van der Waals surface area contributed by atoms with Gasteiger partial charge in [0.05, 0.1) is 12.8 Å². The number of nitrogens with zero attached hydrogens (tertiary/aromatic N) is 1. The van der Waals surface area contributed by atoms with Crippen LogP contribution in [0.3, 0.4) is 0 Å². The van der Waals surface area contributed by atoms with Crippen LogP contribution in [0, 0.1) is 6.92 Å². The second-order valence-corrected chi connectivity index (χ2v) is 5.93. The SMILES string of the molecule is COc1cccc(NC(=O)c2oc3c(c2C)/C(=N/NC(N)=O)CCC3)c1. The Morgan fingerprint density at radius 3 is 2.85 bits per heavy atom. The molecule has 1 aliphatic rings. The summed E-state index contributed by atoms with van der Waals surface area (Å²) in [5.41, 5.74) is 10.0. The highest BCUT2D eigenvalue weighted by Crippen LogP contribution is 2.30. The van der Waals surface area contributed by atoms with Crippen molar-refractivity contribution in [3.63, 3.8) is 0 Å². The van der Waals surface area contributed by atoms with Crippen LogP contribution in [0.15, 0.2) is 33.8 Å². The number of furan rings is 1. The van der Waals surface area contributed by atoms with Crippen molar-refractivity contribution in [3.8, 4) is 5.75 Å². The molecule has 1 aliphatic carbocycles. The summed E-state index contributed by atoms with van der Waals surface area (Å²) in [6.07, 6.45) is 2.19. The van der Waals surface area contributed by atoms with Gasteiger partial charge in [0, 0.05) is 29.3 Å². The minimum Gasteiger partial charge on any atom is -0.497 e. The molecular formula is C18H20N4O4. The van der Waals surface area contributed by atoms with E-state index in [-0.39, 0.29) is 11.7 Å². The topological polar surface area (TPSA) is 119 Å². The molecule has 0 atom stereocenters. The number of anilines is 1. The summed E-state index contributed by atoms with van der Waals surface area (Å²) in [5.74, 6) is 1.21. The van der Waals surface area contributed by atoms with E-state index in [9.17, 15) is 9.59 Å². The van der Waals surface area contributed by atoms with Gasteiger partial charge in [0.15, 0.2) is 5.76 Å². The van der Waals surface area contributed by atoms with Crippen molar-refractivity contribution in [3.05, 3.63) is 46.9 Å². The number of hydrazone groups is 1. The lowest BCUT2D eigenvalue weighted by Gasteiger charge is -2.13. The number of nitrogens with two attached hydrogens (primary N) is 1. The average molecular weight is 356 g/mol. The number of amides is 3. The summed E-state index contributed by atoms with van der Waals surface area (Å²) in [5, 5.41) is 6.85. The maximum Gasteiger partial charge on any atom is 0.332 e. The summed E-state index contributed by atoms with van der Waals surface area (Å²) in [4.78, 5) is 23.6. The molecule has 0 bridgehead atoms. The van der Waals surface area contributed by atoms with E-state index in [4.69, 9.17) is 14.9 Å². The van der Waals surface area contributed by atoms with Gasteiger partial charge >= 0.3 is 6.03 Å². The summed E-state index contributed by atoms with van der Waals surface area (Å²) < 4.78 is 11.0. The van der Waals surface area contributed by atoms with Gasteiger partial charge in [-0.15, -0.1) is 0 Å². The third-order valence-corrected chi connectivity index (χ3v) is 4.16. The number of carbonyl (C=O) groups is 2. The van der Waals surface area contributed by atoms with Crippen molar-refractivity contribution < 1.29 is 18.7 Å². The molecule has 8 heteroatoms. The number of rotatable bonds is 4. The first-order valence-corrected chi connectivity index (χ1v) is 8.19. The van der Waals surface area contributed by atoms with Crippen LogP contribution in [0.25, 0.3) is 0 Å². The first kappa shape index (κ1) is 17.5. The summed E-state index contributed by atoms with van der Waals surface area (Å²) in [6.45, 7) is 1.80. The van der Waals surface area contributed by atoms with E-state index in [1.165, 1.54) is 0 Å². The summed E-state index contributed by atoms with van der Waals surface area (Å²) in [6, 6.07) is 6.33. The number of carbonyl (C=O) groups excluding carboxylic acids is 2. The first-order valence-electron chi connectivity index (χ1n) is 8.19. The van der Waals surface area contributed by atoms with Gasteiger partial charge in [0.1, 0.15) is 11.5 Å². The van der Waals surface area contributed by atoms with E-state index in [1.54, 1.807) is 38.3 Å². The van der Waals surface area contributed by atoms with Crippen LogP contribution < -0.4 is 21.2 Å². The second kappa shape index (κ2) is 7.30. The molecule has 0 fully saturated rings. The third kappa shape index (κ3) is 3.53. The number of fused-ring (bicyclic) bond motifs is 1. The number of primary amides is 1. The lowest BCUT2D eigenvalue weighted by Crippen LogP contribution is -2.27. The first-order chi connectivity index (χ1) is 12.5. The fourth-order valence-electron chi connectivity index (χ4n) is 3.01. The molecule has 136 valence electrons. The molecule has 8 nitrogen and oxygen atoms in total. The number of benzene rings is 1. The van der Waals surface area contributed by atoms with E-state index in [0.29, 0.717) is 41.3 Å². The predicted molar refractivity (Wildman–Crippen MR) is 96.6 cm³/mol. The minimum atomic E-state index is -0.734. The highest BCUT2D eigenvalue weighted by Gasteiger charge is 2.28. The van der Waals surface area contributed by atoms with E-state index in [2.05, 4.69) is 15.8 Å². The lowest BCUT2D eigenvalue weighted by molar-refractivity contribution is 0.0994. The van der Waals surface area contributed by atoms with Crippen LogP contribution in [0.4, 0.5) is 10.5 Å². The molecule has 0 saturated carbocycles. The van der Waals surface area contributed by atoms with Gasteiger partial charge in [-0.3, -0.25) is 4.79 Å².